The number of carbonyl (C=O) groups excluding carboxylic acids is 1. The predicted molar refractivity (Wildman–Crippen MR) is 158 cm³/mol. The van der Waals surface area contributed by atoms with Crippen LogP contribution in [0, 0.1) is 0 Å². The number of likely N-dealkylation sites (N-methyl/N-ethyl adjacent to an activating group) is 1. The zero-order valence-corrected chi connectivity index (χ0v) is 24.7. The number of carboxylic acids is 1. The minimum atomic E-state index is -2.68. The first-order valence-corrected chi connectivity index (χ1v) is 14.4. The monoisotopic (exact) mass is 605 g/mol. The number of carboxylic acid groups (broad SMARTS) is 1. The quantitative estimate of drug-likeness (QED) is 0.319. The Balaban J connectivity index is 1.36. The molecule has 12 nitrogen and oxygen atoms in total. The highest BCUT2D eigenvalue weighted by Crippen LogP contribution is 2.42. The van der Waals surface area contributed by atoms with Crippen LogP contribution in [-0.2, 0) is 37.8 Å². The largest absolute Gasteiger partial charge is 0.478 e. The van der Waals surface area contributed by atoms with Crippen LogP contribution >= 0.6 is 0 Å². The minimum Gasteiger partial charge on any atom is -0.478 e. The van der Waals surface area contributed by atoms with E-state index in [0.717, 1.165) is 29.7 Å². The average Bonchev–Trinajstić information content (AvgIpc) is 3.61. The summed E-state index contributed by atoms with van der Waals surface area (Å²) in [7, 11) is 3.58. The number of rotatable bonds is 8. The summed E-state index contributed by atoms with van der Waals surface area (Å²) in [6, 6.07) is 3.44. The topological polar surface area (TPSA) is 126 Å². The van der Waals surface area contributed by atoms with Crippen LogP contribution in [0.1, 0.15) is 52.5 Å². The van der Waals surface area contributed by atoms with Crippen LogP contribution in [0.25, 0.3) is 11.1 Å². The molecular formula is C30H33F2N9O3. The molecule has 1 amide bonds. The second-order valence-corrected chi connectivity index (χ2v) is 11.2. The van der Waals surface area contributed by atoms with Crippen molar-refractivity contribution in [1.82, 2.24) is 34.4 Å². The van der Waals surface area contributed by atoms with E-state index in [2.05, 4.69) is 15.1 Å². The van der Waals surface area contributed by atoms with Crippen LogP contribution in [0.15, 0.2) is 36.9 Å². The molecule has 0 radical (unpaired) electrons. The number of halogens is 2. The molecule has 2 aliphatic heterocycles. The van der Waals surface area contributed by atoms with Crippen molar-refractivity contribution >= 4 is 29.3 Å². The van der Waals surface area contributed by atoms with Crippen molar-refractivity contribution < 1.29 is 23.5 Å². The molecule has 0 saturated heterocycles. The molecule has 4 aromatic rings. The van der Waals surface area contributed by atoms with E-state index in [9.17, 15) is 18.4 Å². The summed E-state index contributed by atoms with van der Waals surface area (Å²) in [4.78, 5) is 37.5. The highest BCUT2D eigenvalue weighted by molar-refractivity contribution is 5.86. The van der Waals surface area contributed by atoms with Gasteiger partial charge in [-0.05, 0) is 36.1 Å². The van der Waals surface area contributed by atoms with Crippen molar-refractivity contribution in [2.45, 2.75) is 45.7 Å². The van der Waals surface area contributed by atoms with Crippen molar-refractivity contribution in [3.8, 4) is 11.1 Å². The summed E-state index contributed by atoms with van der Waals surface area (Å²) in [5.41, 5.74) is 4.66. The molecule has 0 saturated carbocycles. The van der Waals surface area contributed by atoms with Crippen LogP contribution in [0.2, 0.25) is 0 Å². The van der Waals surface area contributed by atoms with Gasteiger partial charge in [0.25, 0.3) is 6.43 Å². The summed E-state index contributed by atoms with van der Waals surface area (Å²) in [6.45, 7) is 4.06. The van der Waals surface area contributed by atoms with Gasteiger partial charge in [0.1, 0.15) is 0 Å². The van der Waals surface area contributed by atoms with Gasteiger partial charge in [0.15, 0.2) is 5.82 Å². The molecule has 6 rings (SSSR count). The van der Waals surface area contributed by atoms with Crippen LogP contribution in [-0.4, -0.2) is 78.1 Å². The Morgan fingerprint density at radius 1 is 1.11 bits per heavy atom. The number of amides is 1. The Bertz CT molecular complexity index is 1720. The Morgan fingerprint density at radius 2 is 1.89 bits per heavy atom. The molecule has 0 aliphatic carbocycles. The Morgan fingerprint density at radius 3 is 2.55 bits per heavy atom. The fraction of sp³-hybridized carbons (Fsp3) is 0.400. The van der Waals surface area contributed by atoms with Crippen molar-refractivity contribution in [2.75, 3.05) is 36.5 Å². The minimum absolute atomic E-state index is 0.00679. The van der Waals surface area contributed by atoms with Gasteiger partial charge in [-0.2, -0.15) is 10.2 Å². The standard InChI is InChI=1S/C30H33F2N9O3/c1-18(42)39-8-6-25-24(17-39)28(36-41(25)10-9-37(2)30-33-13-20(14-34-30)29(43)44)40-7-4-5-19-11-22(21-15-35-38(3)16-21)23(27(31)32)12-26(19)40/h11-16,27H,4-10,17H2,1-3H3,(H,43,44). The molecule has 0 unspecified atom stereocenters. The van der Waals surface area contributed by atoms with Gasteiger partial charge in [0.2, 0.25) is 11.9 Å². The van der Waals surface area contributed by atoms with Gasteiger partial charge in [0.05, 0.1) is 24.8 Å². The zero-order valence-electron chi connectivity index (χ0n) is 24.7. The first-order valence-electron chi connectivity index (χ1n) is 14.4. The fourth-order valence-corrected chi connectivity index (χ4v) is 5.98. The Kier molecular flexibility index (Phi) is 7.74. The predicted octanol–water partition coefficient (Wildman–Crippen LogP) is 3.83. The summed E-state index contributed by atoms with van der Waals surface area (Å²) in [5.74, 6) is -0.0715. The van der Waals surface area contributed by atoms with Crippen LogP contribution < -0.4 is 9.80 Å². The lowest BCUT2D eigenvalue weighted by molar-refractivity contribution is -0.129. The van der Waals surface area contributed by atoms with E-state index in [1.807, 2.05) is 27.6 Å². The fourth-order valence-electron chi connectivity index (χ4n) is 5.98. The number of aryl methyl sites for hydroxylation is 2. The second kappa shape index (κ2) is 11.7. The molecule has 230 valence electrons. The number of hydrogen-bond donors (Lipinski definition) is 1. The Labute approximate surface area is 252 Å². The lowest BCUT2D eigenvalue weighted by Gasteiger charge is -2.33. The third kappa shape index (κ3) is 5.47. The van der Waals surface area contributed by atoms with Crippen molar-refractivity contribution in [1.29, 1.82) is 0 Å². The number of aromatic carboxylic acids is 1. The summed E-state index contributed by atoms with van der Waals surface area (Å²) < 4.78 is 32.5. The summed E-state index contributed by atoms with van der Waals surface area (Å²) >= 11 is 0. The summed E-state index contributed by atoms with van der Waals surface area (Å²) in [5, 5.41) is 18.3. The van der Waals surface area contributed by atoms with Crippen molar-refractivity contribution in [3.05, 3.63) is 64.9 Å². The van der Waals surface area contributed by atoms with E-state index >= 15 is 0 Å². The molecule has 2 aliphatic rings. The first kappa shape index (κ1) is 29.2. The van der Waals surface area contributed by atoms with Gasteiger partial charge in [0, 0.05) is 93.7 Å². The van der Waals surface area contributed by atoms with Crippen molar-refractivity contribution in [3.63, 3.8) is 0 Å². The maximum atomic E-state index is 14.5. The van der Waals surface area contributed by atoms with E-state index in [1.54, 1.807) is 42.0 Å². The highest BCUT2D eigenvalue weighted by atomic mass is 19.3. The molecular weight excluding hydrogens is 572 g/mol. The maximum Gasteiger partial charge on any atom is 0.338 e. The highest BCUT2D eigenvalue weighted by Gasteiger charge is 2.32. The number of aromatic nitrogens is 6. The molecule has 0 atom stereocenters. The molecule has 1 N–H and O–H groups in total. The van der Waals surface area contributed by atoms with Crippen molar-refractivity contribution in [2.24, 2.45) is 7.05 Å². The maximum absolute atomic E-state index is 14.5. The average molecular weight is 606 g/mol. The molecule has 3 aromatic heterocycles. The van der Waals surface area contributed by atoms with Gasteiger partial charge >= 0.3 is 5.97 Å². The normalized spacial score (nSPS) is 14.5. The van der Waals surface area contributed by atoms with E-state index in [1.165, 1.54) is 12.4 Å². The number of benzene rings is 1. The van der Waals surface area contributed by atoms with E-state index < -0.39 is 12.4 Å². The number of alkyl halides is 2. The Hall–Kier alpha value is -4.88. The van der Waals surface area contributed by atoms with E-state index in [0.29, 0.717) is 67.7 Å². The van der Waals surface area contributed by atoms with E-state index in [4.69, 9.17) is 10.2 Å². The molecule has 0 spiro atoms. The van der Waals surface area contributed by atoms with Crippen LogP contribution in [0.3, 0.4) is 0 Å². The molecule has 1 aromatic carbocycles. The first-order chi connectivity index (χ1) is 21.1. The number of nitrogens with zero attached hydrogens (tertiary/aromatic N) is 9. The summed E-state index contributed by atoms with van der Waals surface area (Å²) in [6.07, 6.45) is 5.38. The lowest BCUT2D eigenvalue weighted by Crippen LogP contribution is -2.36. The van der Waals surface area contributed by atoms with Gasteiger partial charge in [-0.1, -0.05) is 0 Å². The lowest BCUT2D eigenvalue weighted by atomic mass is 9.92. The van der Waals surface area contributed by atoms with E-state index in [-0.39, 0.29) is 17.0 Å². The van der Waals surface area contributed by atoms with Gasteiger partial charge in [-0.25, -0.2) is 23.5 Å². The third-order valence-electron chi connectivity index (χ3n) is 8.31. The number of fused-ring (bicyclic) bond motifs is 2. The molecule has 0 fully saturated rings. The SMILES string of the molecule is CC(=O)N1CCc2c(c(N3CCCc4cc(-c5cnn(C)c5)c(C(F)F)cc43)nn2CCN(C)c2ncc(C(=O)O)cn2)C1. The smallest absolute Gasteiger partial charge is 0.338 e. The molecule has 0 bridgehead atoms. The number of hydrogen-bond acceptors (Lipinski definition) is 8. The van der Waals surface area contributed by atoms with Gasteiger partial charge in [-0.15, -0.1) is 0 Å². The van der Waals surface area contributed by atoms with Gasteiger partial charge in [-0.3, -0.25) is 14.2 Å². The zero-order chi connectivity index (χ0) is 31.1. The van der Waals surface area contributed by atoms with Crippen LogP contribution in [0.5, 0.6) is 0 Å². The molecule has 44 heavy (non-hydrogen) atoms. The molecule has 5 heterocycles. The number of anilines is 3. The van der Waals surface area contributed by atoms with Gasteiger partial charge < -0.3 is 19.8 Å². The second-order valence-electron chi connectivity index (χ2n) is 11.2. The number of carbonyl (C=O) groups is 2. The molecule has 14 heteroatoms. The van der Waals surface area contributed by atoms with Crippen LogP contribution in [0.4, 0.5) is 26.2 Å². The third-order valence-corrected chi connectivity index (χ3v) is 8.31.